The first kappa shape index (κ1) is 15.2. The third-order valence-electron chi connectivity index (χ3n) is 3.94. The highest BCUT2D eigenvalue weighted by Crippen LogP contribution is 2.28. The fourth-order valence-electron chi connectivity index (χ4n) is 2.78. The average Bonchev–Trinajstić information content (AvgIpc) is 2.67. The molecule has 2 rings (SSSR count). The summed E-state index contributed by atoms with van der Waals surface area (Å²) in [5.41, 5.74) is 8.40. The van der Waals surface area contributed by atoms with Crippen LogP contribution in [-0.2, 0) is 19.9 Å². The molecule has 1 aliphatic rings. The summed E-state index contributed by atoms with van der Waals surface area (Å²) in [7, 11) is 1.96. The van der Waals surface area contributed by atoms with E-state index in [1.807, 2.05) is 11.7 Å². The predicted molar refractivity (Wildman–Crippen MR) is 83.9 cm³/mol. The van der Waals surface area contributed by atoms with Gasteiger partial charge in [-0.2, -0.15) is 16.9 Å². The van der Waals surface area contributed by atoms with E-state index in [4.69, 9.17) is 17.3 Å². The molecular formula is C14H24ClN3S. The number of nitrogens with zero attached hydrogens (tertiary/aromatic N) is 2. The molecule has 2 heterocycles. The highest BCUT2D eigenvalue weighted by Gasteiger charge is 2.20. The second kappa shape index (κ2) is 7.00. The number of thioether (sulfide) groups is 1. The minimum Gasteiger partial charge on any atom is -0.327 e. The minimum absolute atomic E-state index is 0.200. The van der Waals surface area contributed by atoms with Crippen molar-refractivity contribution in [2.45, 2.75) is 45.1 Å². The van der Waals surface area contributed by atoms with Crippen LogP contribution in [0.3, 0.4) is 0 Å². The normalized spacial score (nSPS) is 18.7. The van der Waals surface area contributed by atoms with E-state index >= 15 is 0 Å². The molecule has 1 aliphatic heterocycles. The summed E-state index contributed by atoms with van der Waals surface area (Å²) in [5.74, 6) is 3.39. The molecule has 0 aromatic carbocycles. The zero-order valence-corrected chi connectivity index (χ0v) is 13.4. The van der Waals surface area contributed by atoms with Crippen LogP contribution >= 0.6 is 23.4 Å². The van der Waals surface area contributed by atoms with Crippen molar-refractivity contribution in [2.75, 3.05) is 11.5 Å². The van der Waals surface area contributed by atoms with Gasteiger partial charge in [0.25, 0.3) is 0 Å². The van der Waals surface area contributed by atoms with E-state index in [0.717, 1.165) is 41.6 Å². The van der Waals surface area contributed by atoms with E-state index in [1.165, 1.54) is 24.3 Å². The number of hydrogen-bond donors (Lipinski definition) is 1. The van der Waals surface area contributed by atoms with Crippen molar-refractivity contribution in [3.8, 4) is 0 Å². The van der Waals surface area contributed by atoms with Gasteiger partial charge in [-0.05, 0) is 43.1 Å². The second-order valence-corrected chi connectivity index (χ2v) is 7.04. The van der Waals surface area contributed by atoms with Crippen LogP contribution in [0.15, 0.2) is 0 Å². The summed E-state index contributed by atoms with van der Waals surface area (Å²) in [6.45, 7) is 2.08. The Morgan fingerprint density at radius 3 is 2.74 bits per heavy atom. The monoisotopic (exact) mass is 301 g/mol. The molecule has 0 aliphatic carbocycles. The van der Waals surface area contributed by atoms with E-state index in [0.29, 0.717) is 0 Å². The first-order valence-electron chi connectivity index (χ1n) is 7.15. The van der Waals surface area contributed by atoms with Gasteiger partial charge in [0.15, 0.2) is 0 Å². The van der Waals surface area contributed by atoms with E-state index in [9.17, 15) is 0 Å². The van der Waals surface area contributed by atoms with Gasteiger partial charge < -0.3 is 5.73 Å². The molecular weight excluding hydrogens is 278 g/mol. The Morgan fingerprint density at radius 2 is 2.16 bits per heavy atom. The van der Waals surface area contributed by atoms with Gasteiger partial charge in [0.05, 0.1) is 16.4 Å². The number of halogens is 1. The van der Waals surface area contributed by atoms with Gasteiger partial charge >= 0.3 is 0 Å². The van der Waals surface area contributed by atoms with Crippen LogP contribution in [0.1, 0.15) is 37.6 Å². The molecule has 0 spiro atoms. The first-order chi connectivity index (χ1) is 9.11. The molecule has 19 heavy (non-hydrogen) atoms. The third-order valence-corrected chi connectivity index (χ3v) is 5.42. The van der Waals surface area contributed by atoms with Crippen LogP contribution < -0.4 is 5.73 Å². The number of aromatic nitrogens is 2. The quantitative estimate of drug-likeness (QED) is 0.909. The van der Waals surface area contributed by atoms with Gasteiger partial charge in [-0.25, -0.2) is 0 Å². The summed E-state index contributed by atoms with van der Waals surface area (Å²) in [6, 6.07) is 0.200. The molecule has 0 radical (unpaired) electrons. The molecule has 5 heteroatoms. The van der Waals surface area contributed by atoms with Gasteiger partial charge in [-0.15, -0.1) is 0 Å². The number of hydrogen-bond acceptors (Lipinski definition) is 3. The molecule has 0 saturated carbocycles. The molecule has 1 fully saturated rings. The number of rotatable bonds is 5. The lowest BCUT2D eigenvalue weighted by molar-refractivity contribution is 0.402. The van der Waals surface area contributed by atoms with Crippen LogP contribution in [0.2, 0.25) is 5.02 Å². The Bertz CT molecular complexity index is 413. The molecule has 1 atom stereocenters. The molecule has 0 bridgehead atoms. The van der Waals surface area contributed by atoms with Crippen molar-refractivity contribution in [3.05, 3.63) is 16.4 Å². The first-order valence-corrected chi connectivity index (χ1v) is 8.68. The van der Waals surface area contributed by atoms with E-state index < -0.39 is 0 Å². The standard InChI is InChI=1S/C14H24ClN3S/c1-3-12-14(15)13(18(2)17-12)9-11(16)8-10-4-6-19-7-5-10/h10-11H,3-9,16H2,1-2H3. The number of aryl methyl sites for hydroxylation is 2. The average molecular weight is 302 g/mol. The van der Waals surface area contributed by atoms with Crippen molar-refractivity contribution in [1.82, 2.24) is 9.78 Å². The van der Waals surface area contributed by atoms with Crippen LogP contribution in [0.5, 0.6) is 0 Å². The molecule has 108 valence electrons. The fourth-order valence-corrected chi connectivity index (χ4v) is 4.36. The Morgan fingerprint density at radius 1 is 1.47 bits per heavy atom. The molecule has 3 nitrogen and oxygen atoms in total. The maximum Gasteiger partial charge on any atom is 0.0850 e. The van der Waals surface area contributed by atoms with E-state index in [2.05, 4.69) is 23.8 Å². The molecule has 1 aromatic heterocycles. The van der Waals surface area contributed by atoms with Crippen molar-refractivity contribution < 1.29 is 0 Å². The summed E-state index contributed by atoms with van der Waals surface area (Å²) in [4.78, 5) is 0. The predicted octanol–water partition coefficient (Wildman–Crippen LogP) is 3.04. The third kappa shape index (κ3) is 3.89. The molecule has 2 N–H and O–H groups in total. The van der Waals surface area contributed by atoms with Gasteiger partial charge in [-0.1, -0.05) is 18.5 Å². The summed E-state index contributed by atoms with van der Waals surface area (Å²) >= 11 is 8.44. The zero-order chi connectivity index (χ0) is 13.8. The lowest BCUT2D eigenvalue weighted by atomic mass is 9.92. The molecule has 1 aromatic rings. The second-order valence-electron chi connectivity index (χ2n) is 5.44. The van der Waals surface area contributed by atoms with Crippen LogP contribution in [0, 0.1) is 5.92 Å². The van der Waals surface area contributed by atoms with E-state index in [1.54, 1.807) is 0 Å². The largest absolute Gasteiger partial charge is 0.327 e. The minimum atomic E-state index is 0.200. The summed E-state index contributed by atoms with van der Waals surface area (Å²) < 4.78 is 1.90. The molecule has 1 unspecified atom stereocenters. The summed E-state index contributed by atoms with van der Waals surface area (Å²) in [5, 5.41) is 5.27. The topological polar surface area (TPSA) is 43.8 Å². The Kier molecular flexibility index (Phi) is 5.60. The lowest BCUT2D eigenvalue weighted by Gasteiger charge is -2.24. The Hall–Kier alpha value is -0.190. The number of nitrogens with two attached hydrogens (primary N) is 1. The highest BCUT2D eigenvalue weighted by molar-refractivity contribution is 7.99. The van der Waals surface area contributed by atoms with Crippen LogP contribution in [-0.4, -0.2) is 27.3 Å². The van der Waals surface area contributed by atoms with Gasteiger partial charge in [0.2, 0.25) is 0 Å². The fraction of sp³-hybridized carbons (Fsp3) is 0.786. The molecule has 0 amide bonds. The Labute approximate surface area is 125 Å². The van der Waals surface area contributed by atoms with Gasteiger partial charge in [0, 0.05) is 19.5 Å². The molecule has 1 saturated heterocycles. The zero-order valence-electron chi connectivity index (χ0n) is 11.9. The maximum absolute atomic E-state index is 6.37. The van der Waals surface area contributed by atoms with Gasteiger partial charge in [0.1, 0.15) is 0 Å². The van der Waals surface area contributed by atoms with Crippen molar-refractivity contribution >= 4 is 23.4 Å². The highest BCUT2D eigenvalue weighted by atomic mass is 35.5. The van der Waals surface area contributed by atoms with E-state index in [-0.39, 0.29) is 6.04 Å². The Balaban J connectivity index is 1.94. The van der Waals surface area contributed by atoms with Gasteiger partial charge in [-0.3, -0.25) is 4.68 Å². The maximum atomic E-state index is 6.37. The smallest absolute Gasteiger partial charge is 0.0850 e. The van der Waals surface area contributed by atoms with Crippen LogP contribution in [0.25, 0.3) is 0 Å². The van der Waals surface area contributed by atoms with Crippen molar-refractivity contribution in [3.63, 3.8) is 0 Å². The SMILES string of the molecule is CCc1nn(C)c(CC(N)CC2CCSCC2)c1Cl. The van der Waals surface area contributed by atoms with Crippen molar-refractivity contribution in [1.29, 1.82) is 0 Å². The van der Waals surface area contributed by atoms with Crippen molar-refractivity contribution in [2.24, 2.45) is 18.7 Å². The lowest BCUT2D eigenvalue weighted by Crippen LogP contribution is -2.28. The van der Waals surface area contributed by atoms with Crippen LogP contribution in [0.4, 0.5) is 0 Å². The summed E-state index contributed by atoms with van der Waals surface area (Å²) in [6.07, 6.45) is 5.46.